The summed E-state index contributed by atoms with van der Waals surface area (Å²) >= 11 is 0. The fourth-order valence-corrected chi connectivity index (χ4v) is 2.30. The van der Waals surface area contributed by atoms with E-state index in [4.69, 9.17) is 5.11 Å². The second-order valence-corrected chi connectivity index (χ2v) is 4.72. The number of Topliss-reactive ketones (excluding diaryl/α,β-unsaturated/α-hetero) is 1. The highest BCUT2D eigenvalue weighted by Gasteiger charge is 2.15. The second-order valence-electron chi connectivity index (χ2n) is 4.72. The molecule has 3 nitrogen and oxygen atoms in total. The SMILES string of the molecule is O=C(CCC1CCCNC1)c1ccc(O)cc1. The van der Waals surface area contributed by atoms with Crippen molar-refractivity contribution in [2.75, 3.05) is 13.1 Å². The van der Waals surface area contributed by atoms with Crippen molar-refractivity contribution in [1.82, 2.24) is 5.32 Å². The van der Waals surface area contributed by atoms with E-state index in [1.54, 1.807) is 24.3 Å². The van der Waals surface area contributed by atoms with Crippen LogP contribution in [0.2, 0.25) is 0 Å². The Kier molecular flexibility index (Phi) is 4.15. The van der Waals surface area contributed by atoms with Crippen LogP contribution in [0.4, 0.5) is 0 Å². The molecule has 1 atom stereocenters. The van der Waals surface area contributed by atoms with E-state index in [0.29, 0.717) is 17.9 Å². The first-order valence-electron chi connectivity index (χ1n) is 6.28. The molecule has 2 N–H and O–H groups in total. The fraction of sp³-hybridized carbons (Fsp3) is 0.500. The van der Waals surface area contributed by atoms with E-state index in [0.717, 1.165) is 19.5 Å². The van der Waals surface area contributed by atoms with Gasteiger partial charge in [-0.3, -0.25) is 4.79 Å². The molecule has 0 aromatic heterocycles. The lowest BCUT2D eigenvalue weighted by atomic mass is 9.92. The third kappa shape index (κ3) is 3.56. The zero-order chi connectivity index (χ0) is 12.1. The lowest BCUT2D eigenvalue weighted by Crippen LogP contribution is -2.30. The smallest absolute Gasteiger partial charge is 0.162 e. The Balaban J connectivity index is 1.82. The molecular formula is C14H19NO2. The van der Waals surface area contributed by atoms with Crippen LogP contribution in [0.25, 0.3) is 0 Å². The first-order valence-corrected chi connectivity index (χ1v) is 6.28. The molecule has 1 fully saturated rings. The van der Waals surface area contributed by atoms with Crippen molar-refractivity contribution in [3.63, 3.8) is 0 Å². The zero-order valence-corrected chi connectivity index (χ0v) is 9.98. The van der Waals surface area contributed by atoms with E-state index in [-0.39, 0.29) is 11.5 Å². The van der Waals surface area contributed by atoms with Crippen molar-refractivity contribution in [3.8, 4) is 5.75 Å². The van der Waals surface area contributed by atoms with Crippen molar-refractivity contribution in [3.05, 3.63) is 29.8 Å². The maximum absolute atomic E-state index is 11.9. The molecule has 1 aromatic carbocycles. The highest BCUT2D eigenvalue weighted by Crippen LogP contribution is 2.18. The Hall–Kier alpha value is -1.35. The van der Waals surface area contributed by atoms with Gasteiger partial charge in [0.2, 0.25) is 0 Å². The van der Waals surface area contributed by atoms with Crippen molar-refractivity contribution in [2.24, 2.45) is 5.92 Å². The molecule has 0 amide bonds. The lowest BCUT2D eigenvalue weighted by Gasteiger charge is -2.22. The average molecular weight is 233 g/mol. The number of hydrogen-bond donors (Lipinski definition) is 2. The van der Waals surface area contributed by atoms with Crippen LogP contribution in [0, 0.1) is 5.92 Å². The van der Waals surface area contributed by atoms with E-state index >= 15 is 0 Å². The van der Waals surface area contributed by atoms with Crippen LogP contribution >= 0.6 is 0 Å². The highest BCUT2D eigenvalue weighted by atomic mass is 16.3. The molecule has 17 heavy (non-hydrogen) atoms. The molecule has 2 rings (SSSR count). The number of aromatic hydroxyl groups is 1. The molecule has 92 valence electrons. The number of carbonyl (C=O) groups excluding carboxylic acids is 1. The van der Waals surface area contributed by atoms with Gasteiger partial charge >= 0.3 is 0 Å². The highest BCUT2D eigenvalue weighted by molar-refractivity contribution is 5.96. The quantitative estimate of drug-likeness (QED) is 0.785. The van der Waals surface area contributed by atoms with Crippen LogP contribution in [0.5, 0.6) is 5.75 Å². The Morgan fingerprint density at radius 2 is 2.12 bits per heavy atom. The summed E-state index contributed by atoms with van der Waals surface area (Å²) in [6.45, 7) is 2.16. The van der Waals surface area contributed by atoms with Gasteiger partial charge in [0.25, 0.3) is 0 Å². The first kappa shape index (κ1) is 12.1. The Bertz CT molecular complexity index is 366. The molecular weight excluding hydrogens is 214 g/mol. The van der Waals surface area contributed by atoms with Gasteiger partial charge in [-0.1, -0.05) is 0 Å². The molecule has 0 radical (unpaired) electrons. The van der Waals surface area contributed by atoms with Crippen LogP contribution in [0.3, 0.4) is 0 Å². The van der Waals surface area contributed by atoms with Crippen molar-refractivity contribution in [1.29, 1.82) is 0 Å². The monoisotopic (exact) mass is 233 g/mol. The second kappa shape index (κ2) is 5.82. The molecule has 1 heterocycles. The van der Waals surface area contributed by atoms with Gasteiger partial charge in [0.05, 0.1) is 0 Å². The molecule has 1 aliphatic heterocycles. The molecule has 1 saturated heterocycles. The Morgan fingerprint density at radius 1 is 1.35 bits per heavy atom. The summed E-state index contributed by atoms with van der Waals surface area (Å²) in [6.07, 6.45) is 4.03. The van der Waals surface area contributed by atoms with E-state index in [1.807, 2.05) is 0 Å². The van der Waals surface area contributed by atoms with Gasteiger partial charge in [0.1, 0.15) is 5.75 Å². The summed E-state index contributed by atoms with van der Waals surface area (Å²) in [4.78, 5) is 11.9. The standard InChI is InChI=1S/C14H19NO2/c16-13-6-4-12(5-7-13)14(17)8-3-11-2-1-9-15-10-11/h4-7,11,15-16H,1-3,8-10H2. The minimum absolute atomic E-state index is 0.176. The fourth-order valence-electron chi connectivity index (χ4n) is 2.30. The lowest BCUT2D eigenvalue weighted by molar-refractivity contribution is 0.0971. The minimum atomic E-state index is 0.176. The number of ketones is 1. The number of phenols is 1. The first-order chi connectivity index (χ1) is 8.25. The van der Waals surface area contributed by atoms with Gasteiger partial charge in [0.15, 0.2) is 5.78 Å². The van der Waals surface area contributed by atoms with Crippen LogP contribution in [-0.4, -0.2) is 24.0 Å². The molecule has 0 saturated carbocycles. The number of nitrogens with one attached hydrogen (secondary N) is 1. The largest absolute Gasteiger partial charge is 0.508 e. The van der Waals surface area contributed by atoms with Crippen LogP contribution < -0.4 is 5.32 Å². The van der Waals surface area contributed by atoms with Gasteiger partial charge in [-0.15, -0.1) is 0 Å². The number of hydrogen-bond acceptors (Lipinski definition) is 3. The molecule has 1 aliphatic rings. The summed E-state index contributed by atoms with van der Waals surface area (Å²) in [6, 6.07) is 6.51. The summed E-state index contributed by atoms with van der Waals surface area (Å²) < 4.78 is 0. The number of benzene rings is 1. The van der Waals surface area contributed by atoms with Crippen molar-refractivity contribution >= 4 is 5.78 Å². The van der Waals surface area contributed by atoms with Gasteiger partial charge in [-0.25, -0.2) is 0 Å². The van der Waals surface area contributed by atoms with Gasteiger partial charge in [-0.2, -0.15) is 0 Å². The molecule has 3 heteroatoms. The van der Waals surface area contributed by atoms with Gasteiger partial charge in [0, 0.05) is 12.0 Å². The third-order valence-electron chi connectivity index (χ3n) is 3.37. The van der Waals surface area contributed by atoms with E-state index < -0.39 is 0 Å². The van der Waals surface area contributed by atoms with Gasteiger partial charge in [-0.05, 0) is 62.5 Å². The van der Waals surface area contributed by atoms with E-state index in [9.17, 15) is 4.79 Å². The molecule has 1 aromatic rings. The molecule has 0 aliphatic carbocycles. The minimum Gasteiger partial charge on any atom is -0.508 e. The molecule has 0 bridgehead atoms. The number of phenolic OH excluding ortho intramolecular Hbond substituents is 1. The summed E-state index contributed by atoms with van der Waals surface area (Å²) in [5.74, 6) is 1.03. The van der Waals surface area contributed by atoms with Crippen LogP contribution in [0.15, 0.2) is 24.3 Å². The van der Waals surface area contributed by atoms with E-state index in [1.165, 1.54) is 12.8 Å². The number of carbonyl (C=O) groups is 1. The summed E-state index contributed by atoms with van der Waals surface area (Å²) in [7, 11) is 0. The van der Waals surface area contributed by atoms with E-state index in [2.05, 4.69) is 5.32 Å². The van der Waals surface area contributed by atoms with Crippen molar-refractivity contribution < 1.29 is 9.90 Å². The topological polar surface area (TPSA) is 49.3 Å². The summed E-state index contributed by atoms with van der Waals surface area (Å²) in [5.41, 5.74) is 0.701. The van der Waals surface area contributed by atoms with Crippen LogP contribution in [-0.2, 0) is 0 Å². The number of piperidine rings is 1. The predicted molar refractivity (Wildman–Crippen MR) is 67.3 cm³/mol. The maximum Gasteiger partial charge on any atom is 0.162 e. The van der Waals surface area contributed by atoms with Crippen LogP contribution in [0.1, 0.15) is 36.0 Å². The maximum atomic E-state index is 11.9. The third-order valence-corrected chi connectivity index (χ3v) is 3.37. The predicted octanol–water partition coefficient (Wildman–Crippen LogP) is 2.35. The molecule has 1 unspecified atom stereocenters. The Labute approximate surface area is 102 Å². The summed E-state index contributed by atoms with van der Waals surface area (Å²) in [5, 5.41) is 12.5. The Morgan fingerprint density at radius 3 is 2.76 bits per heavy atom. The number of rotatable bonds is 4. The molecule has 0 spiro atoms. The normalized spacial score (nSPS) is 20.1. The van der Waals surface area contributed by atoms with Crippen molar-refractivity contribution in [2.45, 2.75) is 25.7 Å². The average Bonchev–Trinajstić information content (AvgIpc) is 2.38. The zero-order valence-electron chi connectivity index (χ0n) is 9.98. The van der Waals surface area contributed by atoms with Gasteiger partial charge < -0.3 is 10.4 Å².